The van der Waals surface area contributed by atoms with E-state index >= 15 is 0 Å². The van der Waals surface area contributed by atoms with Crippen molar-refractivity contribution >= 4 is 11.9 Å². The molecule has 0 heterocycles. The Morgan fingerprint density at radius 1 is 0.964 bits per heavy atom. The molecule has 0 bridgehead atoms. The highest BCUT2D eigenvalue weighted by atomic mass is 16.6. The number of rotatable bonds is 13. The monoisotopic (exact) mass is 390 g/mol. The molecule has 0 aliphatic rings. The average Bonchev–Trinajstić information content (AvgIpc) is 2.70. The van der Waals surface area contributed by atoms with Crippen molar-refractivity contribution in [1.82, 2.24) is 0 Å². The maximum absolute atomic E-state index is 12.3. The van der Waals surface area contributed by atoms with Gasteiger partial charge in [-0.15, -0.1) is 0 Å². The molecular weight excluding hydrogens is 360 g/mol. The van der Waals surface area contributed by atoms with Gasteiger partial charge in [-0.1, -0.05) is 38.1 Å². The second kappa shape index (κ2) is 13.6. The lowest BCUT2D eigenvalue weighted by atomic mass is 10.2. The second-order valence-corrected chi connectivity index (χ2v) is 6.23. The van der Waals surface area contributed by atoms with Crippen molar-refractivity contribution in [2.75, 3.05) is 26.4 Å². The molecule has 0 N–H and O–H groups in total. The van der Waals surface area contributed by atoms with E-state index in [9.17, 15) is 9.59 Å². The summed E-state index contributed by atoms with van der Waals surface area (Å²) in [6.07, 6.45) is 2.28. The summed E-state index contributed by atoms with van der Waals surface area (Å²) in [6, 6.07) is 9.25. The van der Waals surface area contributed by atoms with Crippen LogP contribution in [0.1, 0.15) is 40.0 Å². The van der Waals surface area contributed by atoms with Crippen LogP contribution in [0.4, 0.5) is 0 Å². The van der Waals surface area contributed by atoms with Gasteiger partial charge in [0, 0.05) is 18.6 Å². The van der Waals surface area contributed by atoms with Crippen LogP contribution in [0.2, 0.25) is 0 Å². The van der Waals surface area contributed by atoms with Gasteiger partial charge >= 0.3 is 11.9 Å². The van der Waals surface area contributed by atoms with Gasteiger partial charge in [-0.2, -0.15) is 0 Å². The first kappa shape index (κ1) is 23.4. The van der Waals surface area contributed by atoms with E-state index in [2.05, 4.69) is 13.5 Å². The summed E-state index contributed by atoms with van der Waals surface area (Å²) >= 11 is 0. The molecule has 0 atom stereocenters. The summed E-state index contributed by atoms with van der Waals surface area (Å²) in [4.78, 5) is 24.2. The Bertz CT molecular complexity index is 663. The first-order valence-corrected chi connectivity index (χ1v) is 9.45. The van der Waals surface area contributed by atoms with Gasteiger partial charge in [0.05, 0.1) is 12.2 Å². The van der Waals surface area contributed by atoms with E-state index in [4.69, 9.17) is 18.9 Å². The third-order valence-electron chi connectivity index (χ3n) is 3.73. The fourth-order valence-electron chi connectivity index (χ4n) is 2.06. The van der Waals surface area contributed by atoms with Crippen LogP contribution < -0.4 is 4.74 Å². The first-order valence-electron chi connectivity index (χ1n) is 9.45. The van der Waals surface area contributed by atoms with E-state index in [-0.39, 0.29) is 30.1 Å². The van der Waals surface area contributed by atoms with Gasteiger partial charge in [-0.05, 0) is 32.4 Å². The molecule has 6 heteroatoms. The molecular formula is C22H30O6. The van der Waals surface area contributed by atoms with Crippen molar-refractivity contribution in [2.24, 2.45) is 0 Å². The summed E-state index contributed by atoms with van der Waals surface area (Å²) in [5.41, 5.74) is 0.482. The first-order chi connectivity index (χ1) is 13.5. The fourth-order valence-corrected chi connectivity index (χ4v) is 2.06. The number of benzene rings is 1. The fraction of sp³-hybridized carbons (Fsp3) is 0.455. The molecule has 1 aromatic rings. The largest absolute Gasteiger partial charge is 0.490 e. The molecule has 154 valence electrons. The number of carbonyl (C=O) groups excluding carboxylic acids is 2. The molecule has 0 aliphatic carbocycles. The molecule has 0 saturated carbocycles. The molecule has 0 spiro atoms. The Balaban J connectivity index is 2.58. The number of hydrogen-bond acceptors (Lipinski definition) is 6. The van der Waals surface area contributed by atoms with Gasteiger partial charge in [0.1, 0.15) is 24.7 Å². The Morgan fingerprint density at radius 2 is 1.68 bits per heavy atom. The van der Waals surface area contributed by atoms with Crippen LogP contribution in [0, 0.1) is 0 Å². The Morgan fingerprint density at radius 3 is 2.32 bits per heavy atom. The second-order valence-electron chi connectivity index (χ2n) is 6.23. The highest BCUT2D eigenvalue weighted by Gasteiger charge is 2.17. The van der Waals surface area contributed by atoms with Gasteiger partial charge in [-0.25, -0.2) is 9.59 Å². The number of para-hydroxylation sites is 1. The molecule has 1 aromatic carbocycles. The summed E-state index contributed by atoms with van der Waals surface area (Å²) in [5, 5.41) is 0. The molecule has 1 rings (SSSR count). The van der Waals surface area contributed by atoms with Gasteiger partial charge in [0.15, 0.2) is 0 Å². The van der Waals surface area contributed by atoms with Gasteiger partial charge in [0.25, 0.3) is 0 Å². The van der Waals surface area contributed by atoms with E-state index in [1.54, 1.807) is 13.8 Å². The van der Waals surface area contributed by atoms with Crippen LogP contribution in [0.25, 0.3) is 0 Å². The van der Waals surface area contributed by atoms with Crippen LogP contribution in [0.5, 0.6) is 5.75 Å². The Hall–Kier alpha value is -2.60. The topological polar surface area (TPSA) is 71.1 Å². The predicted molar refractivity (Wildman–Crippen MR) is 107 cm³/mol. The molecule has 0 radical (unpaired) electrons. The lowest BCUT2D eigenvalue weighted by Crippen LogP contribution is -2.17. The van der Waals surface area contributed by atoms with Crippen molar-refractivity contribution < 1.29 is 28.5 Å². The smallest absolute Gasteiger partial charge is 0.338 e. The van der Waals surface area contributed by atoms with Gasteiger partial charge in [-0.3, -0.25) is 0 Å². The number of hydrogen-bond donors (Lipinski definition) is 0. The van der Waals surface area contributed by atoms with E-state index in [0.29, 0.717) is 25.4 Å². The van der Waals surface area contributed by atoms with Gasteiger partial charge in [0.2, 0.25) is 0 Å². The molecule has 0 saturated heterocycles. The lowest BCUT2D eigenvalue weighted by molar-refractivity contribution is -0.140. The molecule has 0 aromatic heterocycles. The van der Waals surface area contributed by atoms with E-state index in [0.717, 1.165) is 12.8 Å². The summed E-state index contributed by atoms with van der Waals surface area (Å²) in [6.45, 7) is 10.0. The number of ether oxygens (including phenoxy) is 4. The standard InChI is InChI=1S/C22H30O6/c1-5-6-13-25-14-12-20(28-21(23)17(2)3)18(4)22(24)27-16-15-26-19-10-8-7-9-11-19/h7-11H,2,5-6,12-16H2,1,3-4H3. The van der Waals surface area contributed by atoms with Crippen molar-refractivity contribution in [1.29, 1.82) is 0 Å². The Labute approximate surface area is 167 Å². The van der Waals surface area contributed by atoms with Crippen LogP contribution in [0.15, 0.2) is 53.8 Å². The molecule has 0 aliphatic heterocycles. The number of esters is 2. The van der Waals surface area contributed by atoms with Crippen molar-refractivity contribution in [3.8, 4) is 5.75 Å². The minimum Gasteiger partial charge on any atom is -0.490 e. The summed E-state index contributed by atoms with van der Waals surface area (Å²) < 4.78 is 21.5. The quantitative estimate of drug-likeness (QED) is 0.217. The molecule has 0 amide bonds. The van der Waals surface area contributed by atoms with E-state index in [1.165, 1.54) is 0 Å². The number of carbonyl (C=O) groups is 2. The van der Waals surface area contributed by atoms with Crippen molar-refractivity contribution in [3.63, 3.8) is 0 Å². The third kappa shape index (κ3) is 9.37. The predicted octanol–water partition coefficient (Wildman–Crippen LogP) is 4.21. The van der Waals surface area contributed by atoms with Crippen molar-refractivity contribution in [3.05, 3.63) is 53.8 Å². The summed E-state index contributed by atoms with van der Waals surface area (Å²) in [7, 11) is 0. The highest BCUT2D eigenvalue weighted by molar-refractivity contribution is 5.91. The zero-order chi connectivity index (χ0) is 20.8. The molecule has 6 nitrogen and oxygen atoms in total. The third-order valence-corrected chi connectivity index (χ3v) is 3.73. The van der Waals surface area contributed by atoms with E-state index < -0.39 is 11.9 Å². The molecule has 0 fully saturated rings. The lowest BCUT2D eigenvalue weighted by Gasteiger charge is -2.13. The minimum absolute atomic E-state index is 0.0831. The minimum atomic E-state index is -0.580. The van der Waals surface area contributed by atoms with Crippen LogP contribution in [-0.4, -0.2) is 38.4 Å². The molecule has 0 unspecified atom stereocenters. The zero-order valence-electron chi connectivity index (χ0n) is 17.0. The summed E-state index contributed by atoms with van der Waals surface area (Å²) in [5.74, 6) is -0.206. The maximum Gasteiger partial charge on any atom is 0.338 e. The number of unbranched alkanes of at least 4 members (excludes halogenated alkanes) is 1. The van der Waals surface area contributed by atoms with Crippen LogP contribution in [-0.2, 0) is 23.8 Å². The van der Waals surface area contributed by atoms with Crippen LogP contribution >= 0.6 is 0 Å². The Kier molecular flexibility index (Phi) is 11.3. The SMILES string of the molecule is C=C(C)C(=O)OC(CCOCCCC)=C(C)C(=O)OCCOc1ccccc1. The van der Waals surface area contributed by atoms with Crippen molar-refractivity contribution in [2.45, 2.75) is 40.0 Å². The average molecular weight is 390 g/mol. The zero-order valence-corrected chi connectivity index (χ0v) is 17.0. The maximum atomic E-state index is 12.3. The molecule has 28 heavy (non-hydrogen) atoms. The van der Waals surface area contributed by atoms with Gasteiger partial charge < -0.3 is 18.9 Å². The van der Waals surface area contributed by atoms with Crippen LogP contribution in [0.3, 0.4) is 0 Å². The normalized spacial score (nSPS) is 11.4. The highest BCUT2D eigenvalue weighted by Crippen LogP contribution is 2.15. The van der Waals surface area contributed by atoms with E-state index in [1.807, 2.05) is 30.3 Å².